The van der Waals surface area contributed by atoms with Crippen LogP contribution in [0.1, 0.15) is 13.3 Å². The van der Waals surface area contributed by atoms with E-state index < -0.39 is 11.3 Å². The van der Waals surface area contributed by atoms with E-state index in [2.05, 4.69) is 51.8 Å². The number of nitrogens with zero attached hydrogens (tertiary/aromatic N) is 5. The van der Waals surface area contributed by atoms with E-state index in [0.717, 1.165) is 14.5 Å². The first-order chi connectivity index (χ1) is 15.0. The summed E-state index contributed by atoms with van der Waals surface area (Å²) in [5, 5.41) is 0. The third-order valence-electron chi connectivity index (χ3n) is 3.92. The van der Waals surface area contributed by atoms with E-state index in [1.165, 1.54) is 10.6 Å². The predicted octanol–water partition coefficient (Wildman–Crippen LogP) is 3.93. The van der Waals surface area contributed by atoms with Crippen molar-refractivity contribution >= 4 is 48.9 Å². The molecule has 0 N–H and O–H groups in total. The zero-order valence-corrected chi connectivity index (χ0v) is 20.4. The molecule has 12 heteroatoms. The molecule has 0 aliphatic carbocycles. The van der Waals surface area contributed by atoms with E-state index in [1.54, 1.807) is 12.4 Å². The van der Waals surface area contributed by atoms with Crippen molar-refractivity contribution in [2.45, 2.75) is 13.3 Å². The average molecular weight is 572 g/mol. The van der Waals surface area contributed by atoms with Gasteiger partial charge in [-0.15, -0.1) is 0 Å². The van der Waals surface area contributed by atoms with Crippen molar-refractivity contribution < 1.29 is 18.2 Å². The predicted molar refractivity (Wildman–Crippen MR) is 122 cm³/mol. The Labute approximate surface area is 198 Å². The Kier molecular flexibility index (Phi) is 8.69. The molecule has 0 spiro atoms. The van der Waals surface area contributed by atoms with Crippen LogP contribution in [-0.4, -0.2) is 48.5 Å². The van der Waals surface area contributed by atoms with Crippen molar-refractivity contribution in [2.75, 3.05) is 24.1 Å². The van der Waals surface area contributed by atoms with Crippen LogP contribution in [0.15, 0.2) is 51.9 Å². The second-order valence-electron chi connectivity index (χ2n) is 6.08. The highest BCUT2D eigenvalue weighted by molar-refractivity contribution is 9.10. The van der Waals surface area contributed by atoms with Crippen molar-refractivity contribution in [3.05, 3.63) is 51.9 Å². The normalized spacial score (nSPS) is 11.7. The maximum Gasteiger partial charge on any atom is 0.316 e. The summed E-state index contributed by atoms with van der Waals surface area (Å²) in [5.41, 5.74) is 1.20. The second-order valence-corrected chi connectivity index (χ2v) is 8.79. The van der Waals surface area contributed by atoms with Crippen LogP contribution in [0.5, 0.6) is 11.9 Å². The van der Waals surface area contributed by atoms with Gasteiger partial charge in [0.25, 0.3) is 0 Å². The molecule has 164 valence electrons. The fourth-order valence-electron chi connectivity index (χ4n) is 2.63. The molecular formula is C19H18Br2N5O4S-. The number of anilines is 1. The van der Waals surface area contributed by atoms with Crippen molar-refractivity contribution in [2.24, 2.45) is 0 Å². The molecule has 0 bridgehead atoms. The molecule has 1 aromatic carbocycles. The summed E-state index contributed by atoms with van der Waals surface area (Å²) in [4.78, 5) is 16.5. The van der Waals surface area contributed by atoms with Crippen LogP contribution in [0.4, 0.5) is 5.82 Å². The summed E-state index contributed by atoms with van der Waals surface area (Å²) >= 11 is 4.17. The zero-order valence-electron chi connectivity index (χ0n) is 16.4. The van der Waals surface area contributed by atoms with Crippen molar-refractivity contribution in [3.8, 4) is 23.0 Å². The van der Waals surface area contributed by atoms with Gasteiger partial charge in [-0.3, -0.25) is 8.51 Å². The number of aromatic nitrogens is 4. The van der Waals surface area contributed by atoms with Crippen LogP contribution in [0, 0.1) is 0 Å². The molecule has 3 aromatic rings. The molecule has 3 rings (SSSR count). The fraction of sp³-hybridized carbons (Fsp3) is 0.263. The SMILES string of the molecule is CCCN(c1ncnc(OCCOc2ncc(Br)cn2)c1-c1ccc(Br)cc1)S(=O)[O-]. The summed E-state index contributed by atoms with van der Waals surface area (Å²) in [7, 11) is 0. The Bertz CT molecular complexity index is 1020. The Morgan fingerprint density at radius 2 is 1.68 bits per heavy atom. The Morgan fingerprint density at radius 1 is 1.00 bits per heavy atom. The monoisotopic (exact) mass is 570 g/mol. The van der Waals surface area contributed by atoms with Gasteiger partial charge in [-0.05, 0) is 40.0 Å². The van der Waals surface area contributed by atoms with Gasteiger partial charge in [0.2, 0.25) is 5.88 Å². The fourth-order valence-corrected chi connectivity index (χ4v) is 3.71. The van der Waals surface area contributed by atoms with Gasteiger partial charge in [0.15, 0.2) is 5.82 Å². The van der Waals surface area contributed by atoms with Crippen LogP contribution in [-0.2, 0) is 11.3 Å². The lowest BCUT2D eigenvalue weighted by atomic mass is 10.1. The zero-order chi connectivity index (χ0) is 22.2. The lowest BCUT2D eigenvalue weighted by Crippen LogP contribution is -2.28. The maximum absolute atomic E-state index is 11.9. The van der Waals surface area contributed by atoms with Gasteiger partial charge in [0, 0.05) is 34.7 Å². The highest BCUT2D eigenvalue weighted by Crippen LogP contribution is 2.37. The highest BCUT2D eigenvalue weighted by Gasteiger charge is 2.20. The highest BCUT2D eigenvalue weighted by atomic mass is 79.9. The molecule has 1 unspecified atom stereocenters. The molecule has 0 saturated heterocycles. The van der Waals surface area contributed by atoms with E-state index in [-0.39, 0.29) is 37.5 Å². The molecule has 2 heterocycles. The standard InChI is InChI=1S/C19H19Br2N5O4S/c1-2-7-26(31(27)28)17-16(13-3-5-14(20)6-4-13)18(25-12-24-17)29-8-9-30-19-22-10-15(21)11-23-19/h3-6,10-12H,2,7-9H2,1H3,(H,27,28)/p-1. The third-order valence-corrected chi connectivity index (χ3v) is 5.57. The van der Waals surface area contributed by atoms with Gasteiger partial charge in [-0.25, -0.2) is 19.9 Å². The van der Waals surface area contributed by atoms with Gasteiger partial charge in [0.1, 0.15) is 19.5 Å². The topological polar surface area (TPSA) is 113 Å². The first-order valence-corrected chi connectivity index (χ1v) is 11.8. The molecule has 0 aliphatic heterocycles. The molecule has 31 heavy (non-hydrogen) atoms. The molecule has 0 saturated carbocycles. The minimum atomic E-state index is -2.50. The number of ether oxygens (including phenoxy) is 2. The van der Waals surface area contributed by atoms with Gasteiger partial charge >= 0.3 is 6.01 Å². The summed E-state index contributed by atoms with van der Waals surface area (Å²) in [5.74, 6) is 0.499. The number of rotatable bonds is 10. The smallest absolute Gasteiger partial charge is 0.316 e. The molecule has 0 amide bonds. The second kappa shape index (κ2) is 11.5. The minimum absolute atomic E-state index is 0.146. The number of hydrogen-bond acceptors (Lipinski definition) is 8. The van der Waals surface area contributed by atoms with E-state index in [1.807, 2.05) is 31.2 Å². The average Bonchev–Trinajstić information content (AvgIpc) is 2.76. The molecule has 9 nitrogen and oxygen atoms in total. The molecule has 1 atom stereocenters. The Hall–Kier alpha value is -2.15. The number of hydrogen-bond donors (Lipinski definition) is 0. The quantitative estimate of drug-likeness (QED) is 0.266. The summed E-state index contributed by atoms with van der Waals surface area (Å²) in [6.45, 7) is 2.49. The van der Waals surface area contributed by atoms with Crippen molar-refractivity contribution in [1.29, 1.82) is 0 Å². The van der Waals surface area contributed by atoms with Crippen molar-refractivity contribution in [1.82, 2.24) is 19.9 Å². The van der Waals surface area contributed by atoms with E-state index in [4.69, 9.17) is 9.47 Å². The van der Waals surface area contributed by atoms with Gasteiger partial charge in [0.05, 0.1) is 10.0 Å². The lowest BCUT2D eigenvalue weighted by molar-refractivity contribution is 0.202. The Morgan fingerprint density at radius 3 is 2.32 bits per heavy atom. The van der Waals surface area contributed by atoms with E-state index in [9.17, 15) is 8.76 Å². The van der Waals surface area contributed by atoms with E-state index >= 15 is 0 Å². The largest absolute Gasteiger partial charge is 0.755 e. The maximum atomic E-state index is 11.9. The van der Waals surface area contributed by atoms with Crippen LogP contribution in [0.2, 0.25) is 0 Å². The molecule has 2 aromatic heterocycles. The third kappa shape index (κ3) is 6.42. The van der Waals surface area contributed by atoms with E-state index in [0.29, 0.717) is 12.0 Å². The summed E-state index contributed by atoms with van der Waals surface area (Å²) < 4.78 is 37.9. The molecule has 0 radical (unpaired) electrons. The summed E-state index contributed by atoms with van der Waals surface area (Å²) in [6, 6.07) is 7.59. The van der Waals surface area contributed by atoms with Gasteiger partial charge < -0.3 is 14.0 Å². The minimum Gasteiger partial charge on any atom is -0.755 e. The van der Waals surface area contributed by atoms with Crippen LogP contribution in [0.25, 0.3) is 11.1 Å². The number of halogens is 2. The van der Waals surface area contributed by atoms with Crippen molar-refractivity contribution in [3.63, 3.8) is 0 Å². The first kappa shape index (κ1) is 23.5. The molecular weight excluding hydrogens is 554 g/mol. The summed E-state index contributed by atoms with van der Waals surface area (Å²) in [6.07, 6.45) is 5.06. The molecule has 0 fully saturated rings. The molecule has 0 aliphatic rings. The van der Waals surface area contributed by atoms with Crippen LogP contribution in [0.3, 0.4) is 0 Å². The van der Waals surface area contributed by atoms with Crippen LogP contribution >= 0.6 is 31.9 Å². The van der Waals surface area contributed by atoms with Gasteiger partial charge in [-0.1, -0.05) is 35.0 Å². The lowest BCUT2D eigenvalue weighted by Gasteiger charge is -2.27. The van der Waals surface area contributed by atoms with Gasteiger partial charge in [-0.2, -0.15) is 0 Å². The Balaban J connectivity index is 1.86. The van der Waals surface area contributed by atoms with Crippen LogP contribution < -0.4 is 13.8 Å². The first-order valence-electron chi connectivity index (χ1n) is 9.20. The number of benzene rings is 1.